The van der Waals surface area contributed by atoms with Crippen molar-refractivity contribution < 1.29 is 8.42 Å². The largest absolute Gasteiger partial charge is 0.309 e. The average molecular weight is 282 g/mol. The van der Waals surface area contributed by atoms with Crippen LogP contribution in [0.15, 0.2) is 23.1 Å². The van der Waals surface area contributed by atoms with E-state index in [1.54, 1.807) is 6.07 Å². The molecule has 5 heteroatoms. The molecule has 1 aliphatic rings. The van der Waals surface area contributed by atoms with Crippen molar-refractivity contribution in [1.29, 1.82) is 0 Å². The van der Waals surface area contributed by atoms with Gasteiger partial charge in [0.2, 0.25) is 10.0 Å². The summed E-state index contributed by atoms with van der Waals surface area (Å²) in [5.41, 5.74) is 2.49. The average Bonchev–Trinajstić information content (AvgIpc) is 2.81. The molecular formula is C14H22N2O2S. The fraction of sp³-hybridized carbons (Fsp3) is 0.571. The molecule has 0 fully saturated rings. The fourth-order valence-corrected chi connectivity index (χ4v) is 3.52. The third-order valence-corrected chi connectivity index (χ3v) is 4.91. The van der Waals surface area contributed by atoms with Crippen molar-refractivity contribution in [2.24, 2.45) is 0 Å². The molecule has 2 rings (SSSR count). The maximum absolute atomic E-state index is 12.2. The maximum Gasteiger partial charge on any atom is 0.240 e. The lowest BCUT2D eigenvalue weighted by molar-refractivity contribution is 0.400. The summed E-state index contributed by atoms with van der Waals surface area (Å²) in [6.07, 6.45) is 4.03. The molecule has 1 aliphatic carbocycles. The van der Waals surface area contributed by atoms with E-state index >= 15 is 0 Å². The smallest absolute Gasteiger partial charge is 0.240 e. The van der Waals surface area contributed by atoms with E-state index in [0.717, 1.165) is 32.2 Å². The first-order valence-electron chi connectivity index (χ1n) is 6.75. The van der Waals surface area contributed by atoms with Gasteiger partial charge in [-0.2, -0.15) is 0 Å². The lowest BCUT2D eigenvalue weighted by Gasteiger charge is -2.11. The zero-order chi connectivity index (χ0) is 13.9. The Morgan fingerprint density at radius 2 is 1.95 bits per heavy atom. The number of hydrogen-bond donors (Lipinski definition) is 1. The number of benzene rings is 1. The quantitative estimate of drug-likeness (QED) is 0.803. The summed E-state index contributed by atoms with van der Waals surface area (Å²) in [4.78, 5) is 2.45. The van der Waals surface area contributed by atoms with Gasteiger partial charge in [0, 0.05) is 6.54 Å². The molecule has 0 amide bonds. The number of nitrogens with one attached hydrogen (secondary N) is 1. The van der Waals surface area contributed by atoms with E-state index < -0.39 is 10.0 Å². The highest BCUT2D eigenvalue weighted by Gasteiger charge is 2.17. The van der Waals surface area contributed by atoms with Crippen LogP contribution in [-0.2, 0) is 22.9 Å². The predicted molar refractivity (Wildman–Crippen MR) is 76.8 cm³/mol. The summed E-state index contributed by atoms with van der Waals surface area (Å²) in [7, 11) is 0.614. The van der Waals surface area contributed by atoms with E-state index in [-0.39, 0.29) is 0 Å². The van der Waals surface area contributed by atoms with Gasteiger partial charge >= 0.3 is 0 Å². The van der Waals surface area contributed by atoms with Gasteiger partial charge in [0.15, 0.2) is 0 Å². The van der Waals surface area contributed by atoms with Crippen LogP contribution in [0, 0.1) is 0 Å². The van der Waals surface area contributed by atoms with Crippen molar-refractivity contribution >= 4 is 10.0 Å². The van der Waals surface area contributed by atoms with Gasteiger partial charge in [-0.15, -0.1) is 0 Å². The Bertz CT molecular complexity index is 538. The molecule has 106 valence electrons. The number of rotatable bonds is 6. The minimum atomic E-state index is -3.35. The molecule has 1 aromatic carbocycles. The summed E-state index contributed by atoms with van der Waals surface area (Å²) < 4.78 is 27.0. The summed E-state index contributed by atoms with van der Waals surface area (Å²) in [6.45, 7) is 1.37. The number of fused-ring (bicyclic) bond motifs is 1. The van der Waals surface area contributed by atoms with Crippen LogP contribution in [0.2, 0.25) is 0 Å². The zero-order valence-electron chi connectivity index (χ0n) is 11.6. The molecule has 4 nitrogen and oxygen atoms in total. The Morgan fingerprint density at radius 1 is 1.21 bits per heavy atom. The molecule has 0 radical (unpaired) electrons. The van der Waals surface area contributed by atoms with Gasteiger partial charge in [0.1, 0.15) is 0 Å². The Balaban J connectivity index is 1.99. The second-order valence-corrected chi connectivity index (χ2v) is 7.11. The molecule has 0 atom stereocenters. The molecule has 0 spiro atoms. The van der Waals surface area contributed by atoms with E-state index in [1.807, 2.05) is 31.1 Å². The molecule has 0 saturated heterocycles. The molecule has 1 N–H and O–H groups in total. The SMILES string of the molecule is CN(C)CCCNS(=O)(=O)c1ccc2c(c1)CCC2. The molecule has 1 aromatic rings. The molecule has 0 saturated carbocycles. The Morgan fingerprint density at radius 3 is 2.68 bits per heavy atom. The van der Waals surface area contributed by atoms with E-state index in [2.05, 4.69) is 4.72 Å². The van der Waals surface area contributed by atoms with Crippen LogP contribution in [0.25, 0.3) is 0 Å². The van der Waals surface area contributed by atoms with Crippen molar-refractivity contribution in [3.05, 3.63) is 29.3 Å². The number of aryl methyl sites for hydroxylation is 2. The highest BCUT2D eigenvalue weighted by molar-refractivity contribution is 7.89. The first-order chi connectivity index (χ1) is 8.99. The van der Waals surface area contributed by atoms with Crippen LogP contribution in [0.4, 0.5) is 0 Å². The Hall–Kier alpha value is -0.910. The monoisotopic (exact) mass is 282 g/mol. The predicted octanol–water partition coefficient (Wildman–Crippen LogP) is 1.41. The first kappa shape index (κ1) is 14.5. The molecule has 19 heavy (non-hydrogen) atoms. The Labute approximate surface area is 115 Å². The maximum atomic E-state index is 12.2. The van der Waals surface area contributed by atoms with Gasteiger partial charge < -0.3 is 4.90 Å². The second-order valence-electron chi connectivity index (χ2n) is 5.34. The minimum Gasteiger partial charge on any atom is -0.309 e. The highest BCUT2D eigenvalue weighted by atomic mass is 32.2. The van der Waals surface area contributed by atoms with E-state index in [4.69, 9.17) is 0 Å². The first-order valence-corrected chi connectivity index (χ1v) is 8.23. The van der Waals surface area contributed by atoms with E-state index in [1.165, 1.54) is 11.1 Å². The third kappa shape index (κ3) is 3.78. The van der Waals surface area contributed by atoms with Crippen LogP contribution < -0.4 is 4.72 Å². The summed E-state index contributed by atoms with van der Waals surface area (Å²) >= 11 is 0. The molecular weight excluding hydrogens is 260 g/mol. The summed E-state index contributed by atoms with van der Waals surface area (Å²) in [5, 5.41) is 0. The van der Waals surface area contributed by atoms with Crippen molar-refractivity contribution in [2.45, 2.75) is 30.6 Å². The normalized spacial score (nSPS) is 14.9. The molecule has 0 aromatic heterocycles. The van der Waals surface area contributed by atoms with Gasteiger partial charge in [-0.05, 0) is 69.6 Å². The van der Waals surface area contributed by atoms with Crippen LogP contribution in [0.1, 0.15) is 24.0 Å². The van der Waals surface area contributed by atoms with Crippen molar-refractivity contribution in [1.82, 2.24) is 9.62 Å². The van der Waals surface area contributed by atoms with Crippen molar-refractivity contribution in [3.8, 4) is 0 Å². The minimum absolute atomic E-state index is 0.401. The van der Waals surface area contributed by atoms with Crippen molar-refractivity contribution in [3.63, 3.8) is 0 Å². The van der Waals surface area contributed by atoms with Gasteiger partial charge in [-0.1, -0.05) is 6.07 Å². The van der Waals surface area contributed by atoms with Gasteiger partial charge in [0.25, 0.3) is 0 Å². The lowest BCUT2D eigenvalue weighted by Crippen LogP contribution is -2.27. The highest BCUT2D eigenvalue weighted by Crippen LogP contribution is 2.24. The summed E-state index contributed by atoms with van der Waals surface area (Å²) in [6, 6.07) is 5.51. The third-order valence-electron chi connectivity index (χ3n) is 3.45. The van der Waals surface area contributed by atoms with E-state index in [0.29, 0.717) is 11.4 Å². The zero-order valence-corrected chi connectivity index (χ0v) is 12.5. The lowest BCUT2D eigenvalue weighted by atomic mass is 10.1. The van der Waals surface area contributed by atoms with Crippen LogP contribution in [0.5, 0.6) is 0 Å². The Kier molecular flexibility index (Phi) is 4.60. The molecule has 0 heterocycles. The van der Waals surface area contributed by atoms with Gasteiger partial charge in [0.05, 0.1) is 4.90 Å². The summed E-state index contributed by atoms with van der Waals surface area (Å²) in [5.74, 6) is 0. The molecule has 0 bridgehead atoms. The van der Waals surface area contributed by atoms with Crippen LogP contribution in [0.3, 0.4) is 0 Å². The second kappa shape index (κ2) is 6.03. The fourth-order valence-electron chi connectivity index (χ4n) is 2.40. The standard InChI is InChI=1S/C14H22N2O2S/c1-16(2)10-4-9-15-19(17,18)14-8-7-12-5-3-6-13(12)11-14/h7-8,11,15H,3-6,9-10H2,1-2H3. The van der Waals surface area contributed by atoms with Gasteiger partial charge in [-0.3, -0.25) is 0 Å². The number of sulfonamides is 1. The van der Waals surface area contributed by atoms with Crippen molar-refractivity contribution in [2.75, 3.05) is 27.2 Å². The molecule has 0 aliphatic heterocycles. The number of hydrogen-bond acceptors (Lipinski definition) is 3. The van der Waals surface area contributed by atoms with Gasteiger partial charge in [-0.25, -0.2) is 13.1 Å². The van der Waals surface area contributed by atoms with E-state index in [9.17, 15) is 8.42 Å². The number of nitrogens with zero attached hydrogens (tertiary/aromatic N) is 1. The molecule has 0 unspecified atom stereocenters. The van der Waals surface area contributed by atoms with Crippen LogP contribution in [-0.4, -0.2) is 40.5 Å². The van der Waals surface area contributed by atoms with Crippen LogP contribution >= 0.6 is 0 Å². The topological polar surface area (TPSA) is 49.4 Å².